The SMILES string of the molecule is Cc1cnc(Cc2cccc(S(C)(=O)=O)c2F)nc1C1=CCc2c(CC(=O)[C@@H](C)N3C[C@H](C)N(C)[C@@H](C)C3)cccc21. The zero-order valence-corrected chi connectivity index (χ0v) is 26.0. The molecular weight excluding hydrogens is 551 g/mol. The summed E-state index contributed by atoms with van der Waals surface area (Å²) in [7, 11) is -1.55. The van der Waals surface area contributed by atoms with Gasteiger partial charge in [-0.2, -0.15) is 0 Å². The number of piperazine rings is 1. The first-order chi connectivity index (χ1) is 19.8. The van der Waals surface area contributed by atoms with Gasteiger partial charge in [-0.25, -0.2) is 22.8 Å². The highest BCUT2D eigenvalue weighted by Crippen LogP contribution is 2.35. The normalized spacial score (nSPS) is 20.3. The summed E-state index contributed by atoms with van der Waals surface area (Å²) in [5.74, 6) is -0.134. The highest BCUT2D eigenvalue weighted by Gasteiger charge is 2.32. The van der Waals surface area contributed by atoms with Crippen molar-refractivity contribution >= 4 is 21.2 Å². The van der Waals surface area contributed by atoms with Crippen molar-refractivity contribution in [3.8, 4) is 0 Å². The molecule has 0 radical (unpaired) electrons. The largest absolute Gasteiger partial charge is 0.298 e. The summed E-state index contributed by atoms with van der Waals surface area (Å²) in [5, 5.41) is 0. The molecule has 2 aromatic carbocycles. The van der Waals surface area contributed by atoms with E-state index < -0.39 is 15.7 Å². The van der Waals surface area contributed by atoms with E-state index in [9.17, 15) is 13.2 Å². The van der Waals surface area contributed by atoms with E-state index in [0.29, 0.717) is 30.7 Å². The van der Waals surface area contributed by atoms with Crippen molar-refractivity contribution < 1.29 is 17.6 Å². The second-order valence-electron chi connectivity index (χ2n) is 11.9. The van der Waals surface area contributed by atoms with Gasteiger partial charge in [-0.15, -0.1) is 0 Å². The highest BCUT2D eigenvalue weighted by atomic mass is 32.2. The van der Waals surface area contributed by atoms with Crippen LogP contribution in [0.25, 0.3) is 5.57 Å². The number of halogens is 1. The molecule has 0 bridgehead atoms. The summed E-state index contributed by atoms with van der Waals surface area (Å²) in [5.41, 5.74) is 6.07. The van der Waals surface area contributed by atoms with Crippen molar-refractivity contribution in [2.75, 3.05) is 26.4 Å². The van der Waals surface area contributed by atoms with E-state index in [0.717, 1.165) is 52.9 Å². The summed E-state index contributed by atoms with van der Waals surface area (Å²) in [6.45, 7) is 10.1. The molecular formula is C33H39FN4O3S. The molecule has 0 amide bonds. The molecule has 0 N–H and O–H groups in total. The summed E-state index contributed by atoms with van der Waals surface area (Å²) in [6, 6.07) is 11.1. The maximum atomic E-state index is 15.0. The summed E-state index contributed by atoms with van der Waals surface area (Å²) in [6.07, 6.45) is 6.01. The molecule has 1 aliphatic carbocycles. The average molecular weight is 591 g/mol. The third-order valence-corrected chi connectivity index (χ3v) is 10.0. The third-order valence-electron chi connectivity index (χ3n) is 8.91. The van der Waals surface area contributed by atoms with Crippen LogP contribution < -0.4 is 0 Å². The van der Waals surface area contributed by atoms with Crippen LogP contribution in [-0.4, -0.2) is 78.5 Å². The number of carbonyl (C=O) groups excluding carboxylic acids is 1. The lowest BCUT2D eigenvalue weighted by atomic mass is 9.93. The summed E-state index contributed by atoms with van der Waals surface area (Å²) < 4.78 is 39.0. The molecule has 2 heterocycles. The van der Waals surface area contributed by atoms with Gasteiger partial charge in [-0.3, -0.25) is 14.6 Å². The number of carbonyl (C=O) groups is 1. The fourth-order valence-corrected chi connectivity index (χ4v) is 6.90. The van der Waals surface area contributed by atoms with Crippen LogP contribution in [-0.2, 0) is 33.9 Å². The van der Waals surface area contributed by atoms with Crippen LogP contribution in [0, 0.1) is 12.7 Å². The number of benzene rings is 2. The number of allylic oxidation sites excluding steroid dienone is 1. The van der Waals surface area contributed by atoms with Crippen LogP contribution in [0.1, 0.15) is 60.1 Å². The fraction of sp³-hybridized carbons (Fsp3) is 0.424. The first-order valence-electron chi connectivity index (χ1n) is 14.5. The van der Waals surface area contributed by atoms with Crippen molar-refractivity contribution in [1.82, 2.24) is 19.8 Å². The minimum Gasteiger partial charge on any atom is -0.298 e. The lowest BCUT2D eigenvalue weighted by molar-refractivity contribution is -0.124. The number of likely N-dealkylation sites (N-methyl/N-ethyl adjacent to an activating group) is 1. The molecule has 1 saturated heterocycles. The Morgan fingerprint density at radius 1 is 1.10 bits per heavy atom. The molecule has 7 nitrogen and oxygen atoms in total. The molecule has 0 spiro atoms. The van der Waals surface area contributed by atoms with E-state index >= 15 is 4.39 Å². The Kier molecular flexibility index (Phi) is 8.47. The fourth-order valence-electron chi connectivity index (χ4n) is 6.12. The van der Waals surface area contributed by atoms with Crippen molar-refractivity contribution in [3.63, 3.8) is 0 Å². The predicted molar refractivity (Wildman–Crippen MR) is 163 cm³/mol. The van der Waals surface area contributed by atoms with Crippen LogP contribution in [0.5, 0.6) is 0 Å². The Hall–Kier alpha value is -3.27. The first-order valence-corrected chi connectivity index (χ1v) is 16.3. The molecule has 222 valence electrons. The lowest BCUT2D eigenvalue weighted by Crippen LogP contribution is -2.58. The lowest BCUT2D eigenvalue weighted by Gasteiger charge is -2.44. The number of ketones is 1. The number of sulfone groups is 1. The standard InChI is InChI=1S/C33H39FN4O3S/c1-20-17-35-31(16-25-10-8-12-30(32(25)34)42(6,40)41)36-33(20)28-14-13-26-24(9-7-11-27(26)28)15-29(39)23(4)38-18-21(2)37(5)22(3)19-38/h7-12,14,17,21-23H,13,15-16,18-19H2,1-6H3/t21-,22-,23+/m0/s1. The van der Waals surface area contributed by atoms with Crippen LogP contribution >= 0.6 is 0 Å². The smallest absolute Gasteiger partial charge is 0.178 e. The molecule has 1 aliphatic heterocycles. The summed E-state index contributed by atoms with van der Waals surface area (Å²) >= 11 is 0. The number of nitrogens with zero attached hydrogens (tertiary/aromatic N) is 4. The molecule has 5 rings (SSSR count). The zero-order chi connectivity index (χ0) is 30.3. The van der Waals surface area contributed by atoms with Gasteiger partial charge in [0.25, 0.3) is 0 Å². The van der Waals surface area contributed by atoms with Crippen LogP contribution in [0.2, 0.25) is 0 Å². The minimum absolute atomic E-state index is 0.0680. The van der Waals surface area contributed by atoms with Crippen molar-refractivity contribution in [3.05, 3.63) is 93.8 Å². The van der Waals surface area contributed by atoms with Gasteiger partial charge in [-0.1, -0.05) is 36.4 Å². The highest BCUT2D eigenvalue weighted by molar-refractivity contribution is 7.90. The number of aromatic nitrogens is 2. The second kappa shape index (κ2) is 11.8. The van der Waals surface area contributed by atoms with E-state index in [2.05, 4.69) is 47.8 Å². The number of hydrogen-bond donors (Lipinski definition) is 0. The van der Waals surface area contributed by atoms with E-state index in [-0.39, 0.29) is 28.7 Å². The van der Waals surface area contributed by atoms with E-state index in [1.54, 1.807) is 12.3 Å². The molecule has 0 saturated carbocycles. The number of hydrogen-bond acceptors (Lipinski definition) is 7. The van der Waals surface area contributed by atoms with Gasteiger partial charge < -0.3 is 0 Å². The molecule has 2 aliphatic rings. The monoisotopic (exact) mass is 590 g/mol. The van der Waals surface area contributed by atoms with E-state index in [1.165, 1.54) is 12.1 Å². The third kappa shape index (κ3) is 5.96. The molecule has 0 unspecified atom stereocenters. The molecule has 1 aromatic heterocycles. The van der Waals surface area contributed by atoms with Gasteiger partial charge in [0.2, 0.25) is 0 Å². The Labute approximate surface area is 248 Å². The molecule has 9 heteroatoms. The Bertz CT molecular complexity index is 1660. The Morgan fingerprint density at radius 2 is 1.76 bits per heavy atom. The van der Waals surface area contributed by atoms with E-state index in [4.69, 9.17) is 4.98 Å². The maximum absolute atomic E-state index is 15.0. The minimum atomic E-state index is -3.70. The second-order valence-corrected chi connectivity index (χ2v) is 13.9. The van der Waals surface area contributed by atoms with Crippen molar-refractivity contribution in [2.45, 2.75) is 70.0 Å². The quantitative estimate of drug-likeness (QED) is 0.384. The number of rotatable bonds is 8. The van der Waals surface area contributed by atoms with Crippen LogP contribution in [0.4, 0.5) is 4.39 Å². The van der Waals surface area contributed by atoms with Gasteiger partial charge in [0.1, 0.15) is 16.5 Å². The van der Waals surface area contributed by atoms with Gasteiger partial charge in [-0.05, 0) is 75.0 Å². The summed E-state index contributed by atoms with van der Waals surface area (Å²) in [4.78, 5) is 27.1. The average Bonchev–Trinajstić information content (AvgIpc) is 3.37. The van der Waals surface area contributed by atoms with Gasteiger partial charge in [0.05, 0.1) is 11.7 Å². The first kappa shape index (κ1) is 30.2. The van der Waals surface area contributed by atoms with Crippen LogP contribution in [0.15, 0.2) is 53.6 Å². The maximum Gasteiger partial charge on any atom is 0.178 e. The van der Waals surface area contributed by atoms with Gasteiger partial charge >= 0.3 is 0 Å². The van der Waals surface area contributed by atoms with E-state index in [1.807, 2.05) is 26.0 Å². The zero-order valence-electron chi connectivity index (χ0n) is 25.2. The Balaban J connectivity index is 1.37. The molecule has 42 heavy (non-hydrogen) atoms. The number of aryl methyl sites for hydroxylation is 1. The van der Waals surface area contributed by atoms with Crippen molar-refractivity contribution in [1.29, 1.82) is 0 Å². The van der Waals surface area contributed by atoms with Gasteiger partial charge in [0.15, 0.2) is 15.6 Å². The molecule has 3 aromatic rings. The Morgan fingerprint density at radius 3 is 2.45 bits per heavy atom. The molecule has 1 fully saturated rings. The number of Topliss-reactive ketones (excluding diaryl/α,β-unsaturated/α-hetero) is 1. The van der Waals surface area contributed by atoms with Crippen LogP contribution in [0.3, 0.4) is 0 Å². The number of fused-ring (bicyclic) bond motifs is 1. The molecule has 3 atom stereocenters. The topological polar surface area (TPSA) is 83.5 Å². The van der Waals surface area contributed by atoms with Gasteiger partial charge in [0, 0.05) is 56.0 Å². The predicted octanol–water partition coefficient (Wildman–Crippen LogP) is 4.43. The van der Waals surface area contributed by atoms with Crippen molar-refractivity contribution in [2.24, 2.45) is 0 Å².